The number of aromatic nitrogens is 1. The summed E-state index contributed by atoms with van der Waals surface area (Å²) in [6.45, 7) is 6.29. The van der Waals surface area contributed by atoms with Gasteiger partial charge in [-0.25, -0.2) is 4.98 Å². The lowest BCUT2D eigenvalue weighted by Crippen LogP contribution is -2.39. The smallest absolute Gasteiger partial charge is 0.143 e. The molecule has 0 amide bonds. The van der Waals surface area contributed by atoms with Crippen molar-refractivity contribution in [3.8, 4) is 0 Å². The number of methoxy groups -OCH3 is 2. The number of halogens is 1. The second-order valence-electron chi connectivity index (χ2n) is 4.26. The molecule has 0 radical (unpaired) electrons. The summed E-state index contributed by atoms with van der Waals surface area (Å²) in [6.07, 6.45) is 1.83. The van der Waals surface area contributed by atoms with Gasteiger partial charge in [-0.05, 0) is 41.4 Å². The molecule has 5 heteroatoms. The van der Waals surface area contributed by atoms with E-state index in [-0.39, 0.29) is 6.04 Å². The number of hydrogen-bond donors (Lipinski definition) is 0. The third-order valence-electron chi connectivity index (χ3n) is 2.81. The van der Waals surface area contributed by atoms with Crippen LogP contribution in [0, 0.1) is 6.92 Å². The summed E-state index contributed by atoms with van der Waals surface area (Å²) in [5.74, 6) is 0.941. The Morgan fingerprint density at radius 3 is 2.72 bits per heavy atom. The second kappa shape index (κ2) is 7.71. The van der Waals surface area contributed by atoms with Gasteiger partial charge in [0.25, 0.3) is 0 Å². The highest BCUT2D eigenvalue weighted by Crippen LogP contribution is 2.28. The zero-order valence-electron chi connectivity index (χ0n) is 11.4. The van der Waals surface area contributed by atoms with Gasteiger partial charge in [0.05, 0.1) is 23.7 Å². The van der Waals surface area contributed by atoms with Crippen molar-refractivity contribution in [1.29, 1.82) is 0 Å². The van der Waals surface area contributed by atoms with Crippen LogP contribution in [0.5, 0.6) is 0 Å². The molecule has 0 aliphatic heterocycles. The molecule has 0 aliphatic rings. The van der Waals surface area contributed by atoms with E-state index in [1.165, 1.54) is 5.56 Å². The van der Waals surface area contributed by atoms with Gasteiger partial charge in [0.15, 0.2) is 0 Å². The van der Waals surface area contributed by atoms with Crippen molar-refractivity contribution >= 4 is 21.7 Å². The van der Waals surface area contributed by atoms with Crippen LogP contribution in [-0.4, -0.2) is 45.0 Å². The van der Waals surface area contributed by atoms with Crippen LogP contribution in [0.2, 0.25) is 0 Å². The van der Waals surface area contributed by atoms with Crippen molar-refractivity contribution in [2.45, 2.75) is 19.9 Å². The lowest BCUT2D eigenvalue weighted by Gasteiger charge is -2.30. The summed E-state index contributed by atoms with van der Waals surface area (Å²) < 4.78 is 11.4. The molecule has 0 aromatic carbocycles. The molecule has 1 unspecified atom stereocenters. The van der Waals surface area contributed by atoms with Crippen molar-refractivity contribution in [2.75, 3.05) is 38.9 Å². The van der Waals surface area contributed by atoms with E-state index in [0.717, 1.165) is 16.8 Å². The fourth-order valence-electron chi connectivity index (χ4n) is 1.78. The van der Waals surface area contributed by atoms with Crippen LogP contribution in [0.3, 0.4) is 0 Å². The molecule has 0 saturated heterocycles. The molecule has 4 nitrogen and oxygen atoms in total. The molecule has 0 N–H and O–H groups in total. The van der Waals surface area contributed by atoms with E-state index in [1.807, 2.05) is 12.3 Å². The Morgan fingerprint density at radius 2 is 2.11 bits per heavy atom. The number of rotatable bonds is 7. The summed E-state index contributed by atoms with van der Waals surface area (Å²) in [4.78, 5) is 6.66. The van der Waals surface area contributed by atoms with Crippen molar-refractivity contribution in [3.63, 3.8) is 0 Å². The predicted octanol–water partition coefficient (Wildman–Crippen LogP) is 2.64. The van der Waals surface area contributed by atoms with Crippen molar-refractivity contribution < 1.29 is 9.47 Å². The zero-order chi connectivity index (χ0) is 13.5. The molecule has 1 heterocycles. The third-order valence-corrected chi connectivity index (χ3v) is 3.79. The topological polar surface area (TPSA) is 34.6 Å². The van der Waals surface area contributed by atoms with Crippen molar-refractivity contribution in [1.82, 2.24) is 4.98 Å². The summed E-state index contributed by atoms with van der Waals surface area (Å²) in [6, 6.07) is 2.24. The summed E-state index contributed by atoms with van der Waals surface area (Å²) >= 11 is 3.61. The van der Waals surface area contributed by atoms with Crippen LogP contribution in [0.25, 0.3) is 0 Å². The van der Waals surface area contributed by atoms with Gasteiger partial charge in [-0.1, -0.05) is 0 Å². The number of nitrogens with zero attached hydrogens (tertiary/aromatic N) is 2. The monoisotopic (exact) mass is 316 g/mol. The summed E-state index contributed by atoms with van der Waals surface area (Å²) in [5.41, 5.74) is 1.17. The second-order valence-corrected chi connectivity index (χ2v) is 5.05. The minimum absolute atomic E-state index is 0.246. The molecule has 0 fully saturated rings. The number of aryl methyl sites for hydroxylation is 1. The Hall–Kier alpha value is -0.650. The molecule has 0 spiro atoms. The van der Waals surface area contributed by atoms with Gasteiger partial charge >= 0.3 is 0 Å². The van der Waals surface area contributed by atoms with E-state index in [9.17, 15) is 0 Å². The fourth-order valence-corrected chi connectivity index (χ4v) is 2.24. The van der Waals surface area contributed by atoms with Gasteiger partial charge in [-0.3, -0.25) is 0 Å². The molecule has 1 aromatic rings. The van der Waals surface area contributed by atoms with Gasteiger partial charge < -0.3 is 14.4 Å². The molecular weight excluding hydrogens is 296 g/mol. The molecule has 1 aromatic heterocycles. The quantitative estimate of drug-likeness (QED) is 0.774. The van der Waals surface area contributed by atoms with E-state index in [0.29, 0.717) is 13.2 Å². The third kappa shape index (κ3) is 3.93. The number of ether oxygens (including phenoxy) is 2. The van der Waals surface area contributed by atoms with Gasteiger partial charge in [0.2, 0.25) is 0 Å². The largest absolute Gasteiger partial charge is 0.383 e. The van der Waals surface area contributed by atoms with Gasteiger partial charge in [-0.15, -0.1) is 0 Å². The predicted molar refractivity (Wildman–Crippen MR) is 77.2 cm³/mol. The lowest BCUT2D eigenvalue weighted by atomic mass is 10.2. The van der Waals surface area contributed by atoms with E-state index in [2.05, 4.69) is 39.7 Å². The number of hydrogen-bond acceptors (Lipinski definition) is 4. The summed E-state index contributed by atoms with van der Waals surface area (Å²) in [5, 5.41) is 0. The van der Waals surface area contributed by atoms with Crippen LogP contribution < -0.4 is 4.90 Å². The Balaban J connectivity index is 2.97. The SMILES string of the molecule is COCCN(c1nccc(C)c1Br)C(C)COC. The van der Waals surface area contributed by atoms with Crippen LogP contribution in [0.15, 0.2) is 16.7 Å². The number of pyridine rings is 1. The maximum absolute atomic E-state index is 5.23. The number of anilines is 1. The first kappa shape index (κ1) is 15.4. The molecule has 0 aliphatic carbocycles. The highest BCUT2D eigenvalue weighted by atomic mass is 79.9. The molecule has 1 atom stereocenters. The molecule has 0 bridgehead atoms. The van der Waals surface area contributed by atoms with Gasteiger partial charge in [0.1, 0.15) is 5.82 Å². The first-order chi connectivity index (χ1) is 8.61. The fraction of sp³-hybridized carbons (Fsp3) is 0.615. The highest BCUT2D eigenvalue weighted by molar-refractivity contribution is 9.10. The molecule has 102 valence electrons. The zero-order valence-corrected chi connectivity index (χ0v) is 13.0. The van der Waals surface area contributed by atoms with Crippen molar-refractivity contribution in [2.24, 2.45) is 0 Å². The first-order valence-electron chi connectivity index (χ1n) is 5.97. The Labute approximate surface area is 117 Å². The van der Waals surface area contributed by atoms with E-state index < -0.39 is 0 Å². The first-order valence-corrected chi connectivity index (χ1v) is 6.76. The van der Waals surface area contributed by atoms with E-state index >= 15 is 0 Å². The standard InChI is InChI=1S/C13H21BrN2O2/c1-10-5-6-15-13(12(10)14)16(7-8-17-3)11(2)9-18-4/h5-6,11H,7-9H2,1-4H3. The minimum Gasteiger partial charge on any atom is -0.383 e. The van der Waals surface area contributed by atoms with Crippen LogP contribution in [0.1, 0.15) is 12.5 Å². The molecule has 1 rings (SSSR count). The average Bonchev–Trinajstić information content (AvgIpc) is 2.35. The van der Waals surface area contributed by atoms with E-state index in [4.69, 9.17) is 9.47 Å². The average molecular weight is 317 g/mol. The maximum atomic E-state index is 5.23. The minimum atomic E-state index is 0.246. The van der Waals surface area contributed by atoms with E-state index in [1.54, 1.807) is 14.2 Å². The maximum Gasteiger partial charge on any atom is 0.143 e. The van der Waals surface area contributed by atoms with Crippen LogP contribution in [-0.2, 0) is 9.47 Å². The lowest BCUT2D eigenvalue weighted by molar-refractivity contribution is 0.170. The van der Waals surface area contributed by atoms with Crippen LogP contribution >= 0.6 is 15.9 Å². The van der Waals surface area contributed by atoms with Crippen LogP contribution in [0.4, 0.5) is 5.82 Å². The Kier molecular flexibility index (Phi) is 6.60. The Morgan fingerprint density at radius 1 is 1.39 bits per heavy atom. The molecule has 18 heavy (non-hydrogen) atoms. The molecule has 0 saturated carbocycles. The molecular formula is C13H21BrN2O2. The Bertz CT molecular complexity index is 374. The highest BCUT2D eigenvalue weighted by Gasteiger charge is 2.18. The van der Waals surface area contributed by atoms with Crippen molar-refractivity contribution in [3.05, 3.63) is 22.3 Å². The van der Waals surface area contributed by atoms with Gasteiger partial charge in [-0.2, -0.15) is 0 Å². The summed E-state index contributed by atoms with van der Waals surface area (Å²) in [7, 11) is 3.42. The van der Waals surface area contributed by atoms with Gasteiger partial charge in [0, 0.05) is 27.0 Å². The normalized spacial score (nSPS) is 12.5.